The third-order valence-corrected chi connectivity index (χ3v) is 4.40. The summed E-state index contributed by atoms with van der Waals surface area (Å²) in [6, 6.07) is 16.8. The molecule has 0 saturated heterocycles. The molecule has 3 rings (SSSR count). The lowest BCUT2D eigenvalue weighted by atomic mass is 10.2. The molecule has 3 aromatic rings. The summed E-state index contributed by atoms with van der Waals surface area (Å²) < 4.78 is 1.09. The fraction of sp³-hybridized carbons (Fsp3) is 0.105. The van der Waals surface area contributed by atoms with E-state index in [0.717, 1.165) is 20.6 Å². The van der Waals surface area contributed by atoms with Crippen molar-refractivity contribution in [3.05, 3.63) is 69.9 Å². The van der Waals surface area contributed by atoms with Crippen molar-refractivity contribution in [1.82, 2.24) is 10.2 Å². The van der Waals surface area contributed by atoms with E-state index in [-0.39, 0.29) is 5.91 Å². The van der Waals surface area contributed by atoms with Gasteiger partial charge in [0.25, 0.3) is 5.91 Å². The second kappa shape index (κ2) is 8.13. The zero-order valence-corrected chi connectivity index (χ0v) is 16.6. The summed E-state index contributed by atoms with van der Waals surface area (Å²) in [5.74, 6) is 0.526. The van der Waals surface area contributed by atoms with Gasteiger partial charge in [-0.05, 0) is 71.1 Å². The van der Waals surface area contributed by atoms with Crippen LogP contribution >= 0.6 is 22.6 Å². The predicted molar refractivity (Wildman–Crippen MR) is 113 cm³/mol. The van der Waals surface area contributed by atoms with Gasteiger partial charge in [-0.1, -0.05) is 0 Å². The number of aromatic nitrogens is 2. The Labute approximate surface area is 165 Å². The van der Waals surface area contributed by atoms with Gasteiger partial charge in [0.15, 0.2) is 5.82 Å². The molecule has 0 unspecified atom stereocenters. The average Bonchev–Trinajstić information content (AvgIpc) is 2.64. The molecule has 0 bridgehead atoms. The molecule has 7 heteroatoms. The van der Waals surface area contributed by atoms with Crippen LogP contribution < -0.4 is 15.5 Å². The molecule has 26 heavy (non-hydrogen) atoms. The maximum Gasteiger partial charge on any atom is 0.255 e. The first-order valence-electron chi connectivity index (χ1n) is 7.95. The summed E-state index contributed by atoms with van der Waals surface area (Å²) >= 11 is 2.21. The highest BCUT2D eigenvalue weighted by atomic mass is 127. The molecule has 6 nitrogen and oxygen atoms in total. The number of nitrogens with zero attached hydrogens (tertiary/aromatic N) is 3. The molecule has 1 amide bonds. The number of carbonyl (C=O) groups excluding carboxylic acids is 1. The van der Waals surface area contributed by atoms with E-state index < -0.39 is 0 Å². The minimum atomic E-state index is -0.133. The van der Waals surface area contributed by atoms with E-state index in [1.54, 1.807) is 6.20 Å². The van der Waals surface area contributed by atoms with Crippen molar-refractivity contribution in [2.75, 3.05) is 29.6 Å². The quantitative estimate of drug-likeness (QED) is 0.562. The van der Waals surface area contributed by atoms with Gasteiger partial charge in [0.05, 0.1) is 11.9 Å². The van der Waals surface area contributed by atoms with Crippen molar-refractivity contribution in [3.63, 3.8) is 0 Å². The zero-order valence-electron chi connectivity index (χ0n) is 14.4. The number of hydrogen-bond acceptors (Lipinski definition) is 5. The largest absolute Gasteiger partial charge is 0.376 e. The first kappa shape index (κ1) is 18.1. The molecule has 1 aromatic heterocycles. The van der Waals surface area contributed by atoms with E-state index in [1.807, 2.05) is 73.6 Å². The number of nitrogens with one attached hydrogen (secondary N) is 2. The van der Waals surface area contributed by atoms with Crippen LogP contribution in [0.4, 0.5) is 22.9 Å². The van der Waals surface area contributed by atoms with Crippen LogP contribution in [0.3, 0.4) is 0 Å². The van der Waals surface area contributed by atoms with Gasteiger partial charge >= 0.3 is 0 Å². The minimum Gasteiger partial charge on any atom is -0.376 e. The molecular formula is C19H18IN5O. The van der Waals surface area contributed by atoms with E-state index in [0.29, 0.717) is 11.4 Å². The lowest BCUT2D eigenvalue weighted by Gasteiger charge is -2.13. The smallest absolute Gasteiger partial charge is 0.255 e. The Bertz CT molecular complexity index is 895. The van der Waals surface area contributed by atoms with Crippen LogP contribution in [-0.4, -0.2) is 30.2 Å². The number of carbonyl (C=O) groups is 1. The molecule has 1 heterocycles. The Hall–Kier alpha value is -2.68. The number of rotatable bonds is 5. The monoisotopic (exact) mass is 459 g/mol. The standard InChI is InChI=1S/C19H18IN5O/c1-25(2)17-11-18(24-21-12-17)22-15-7-9-16(10-8-15)23-19(26)13-3-5-14(20)6-4-13/h3-12H,1-2H3,(H,22,24)(H,23,26). The van der Waals surface area contributed by atoms with Crippen molar-refractivity contribution in [1.29, 1.82) is 0 Å². The summed E-state index contributed by atoms with van der Waals surface area (Å²) in [7, 11) is 3.90. The molecule has 0 atom stereocenters. The molecule has 0 fully saturated rings. The van der Waals surface area contributed by atoms with Crippen LogP contribution in [0, 0.1) is 3.57 Å². The predicted octanol–water partition coefficient (Wildman–Crippen LogP) is 4.14. The third kappa shape index (κ3) is 4.69. The summed E-state index contributed by atoms with van der Waals surface area (Å²) in [4.78, 5) is 14.2. The number of halogens is 1. The van der Waals surface area contributed by atoms with Gasteiger partial charge in [0, 0.05) is 40.7 Å². The van der Waals surface area contributed by atoms with Gasteiger partial charge in [0.2, 0.25) is 0 Å². The van der Waals surface area contributed by atoms with Gasteiger partial charge < -0.3 is 15.5 Å². The normalized spacial score (nSPS) is 10.3. The fourth-order valence-corrected chi connectivity index (χ4v) is 2.61. The average molecular weight is 459 g/mol. The van der Waals surface area contributed by atoms with Crippen LogP contribution in [0.25, 0.3) is 0 Å². The lowest BCUT2D eigenvalue weighted by Crippen LogP contribution is -2.11. The first-order chi connectivity index (χ1) is 12.5. The molecular weight excluding hydrogens is 441 g/mol. The van der Waals surface area contributed by atoms with Crippen LogP contribution in [0.5, 0.6) is 0 Å². The summed E-state index contributed by atoms with van der Waals surface area (Å²) in [5, 5.41) is 14.2. The van der Waals surface area contributed by atoms with Crippen LogP contribution in [0.15, 0.2) is 60.8 Å². The first-order valence-corrected chi connectivity index (χ1v) is 9.03. The molecule has 0 aliphatic heterocycles. The highest BCUT2D eigenvalue weighted by Crippen LogP contribution is 2.20. The van der Waals surface area contributed by atoms with Crippen molar-refractivity contribution < 1.29 is 4.79 Å². The highest BCUT2D eigenvalue weighted by molar-refractivity contribution is 14.1. The van der Waals surface area contributed by atoms with Crippen LogP contribution in [0.2, 0.25) is 0 Å². The number of benzene rings is 2. The molecule has 0 saturated carbocycles. The van der Waals surface area contributed by atoms with E-state index in [4.69, 9.17) is 0 Å². The molecule has 2 aromatic carbocycles. The molecule has 0 radical (unpaired) electrons. The summed E-state index contributed by atoms with van der Waals surface area (Å²) in [5.41, 5.74) is 3.18. The fourth-order valence-electron chi connectivity index (χ4n) is 2.25. The Morgan fingerprint density at radius 1 is 1.00 bits per heavy atom. The Morgan fingerprint density at radius 3 is 2.31 bits per heavy atom. The number of anilines is 4. The number of amides is 1. The van der Waals surface area contributed by atoms with Crippen LogP contribution in [-0.2, 0) is 0 Å². The van der Waals surface area contributed by atoms with Crippen molar-refractivity contribution in [3.8, 4) is 0 Å². The molecule has 0 aliphatic rings. The van der Waals surface area contributed by atoms with Crippen LogP contribution in [0.1, 0.15) is 10.4 Å². The van der Waals surface area contributed by atoms with Gasteiger partial charge in [-0.2, -0.15) is 5.10 Å². The third-order valence-electron chi connectivity index (χ3n) is 3.68. The van der Waals surface area contributed by atoms with Crippen molar-refractivity contribution >= 4 is 51.4 Å². The lowest BCUT2D eigenvalue weighted by molar-refractivity contribution is 0.102. The van der Waals surface area contributed by atoms with Gasteiger partial charge in [-0.15, -0.1) is 5.10 Å². The maximum atomic E-state index is 12.3. The Morgan fingerprint density at radius 2 is 1.65 bits per heavy atom. The summed E-state index contributed by atoms with van der Waals surface area (Å²) in [6.45, 7) is 0. The molecule has 0 aliphatic carbocycles. The van der Waals surface area contributed by atoms with Gasteiger partial charge in [-0.3, -0.25) is 4.79 Å². The second-order valence-corrected chi connectivity index (χ2v) is 7.10. The topological polar surface area (TPSA) is 70.2 Å². The molecule has 0 spiro atoms. The Kier molecular flexibility index (Phi) is 5.67. The van der Waals surface area contributed by atoms with E-state index in [9.17, 15) is 4.79 Å². The van der Waals surface area contributed by atoms with E-state index >= 15 is 0 Å². The molecule has 2 N–H and O–H groups in total. The van der Waals surface area contributed by atoms with Crippen molar-refractivity contribution in [2.24, 2.45) is 0 Å². The zero-order chi connectivity index (χ0) is 18.5. The highest BCUT2D eigenvalue weighted by Gasteiger charge is 2.06. The van der Waals surface area contributed by atoms with E-state index in [1.165, 1.54) is 0 Å². The molecule has 132 valence electrons. The summed E-state index contributed by atoms with van der Waals surface area (Å²) in [6.07, 6.45) is 1.70. The van der Waals surface area contributed by atoms with E-state index in [2.05, 4.69) is 43.4 Å². The SMILES string of the molecule is CN(C)c1cnnc(Nc2ccc(NC(=O)c3ccc(I)cc3)cc2)c1. The van der Waals surface area contributed by atoms with Gasteiger partial charge in [0.1, 0.15) is 0 Å². The number of hydrogen-bond donors (Lipinski definition) is 2. The van der Waals surface area contributed by atoms with Gasteiger partial charge in [-0.25, -0.2) is 0 Å². The van der Waals surface area contributed by atoms with Crippen molar-refractivity contribution in [2.45, 2.75) is 0 Å². The second-order valence-electron chi connectivity index (χ2n) is 5.86. The minimum absolute atomic E-state index is 0.133. The maximum absolute atomic E-state index is 12.3. The Balaban J connectivity index is 1.66.